The van der Waals surface area contributed by atoms with Crippen LogP contribution in [-0.2, 0) is 61.8 Å². The molecule has 0 radical (unpaired) electrons. The van der Waals surface area contributed by atoms with E-state index in [9.17, 15) is 44.6 Å². The summed E-state index contributed by atoms with van der Waals surface area (Å²) in [4.78, 5) is 67.1. The van der Waals surface area contributed by atoms with E-state index in [-0.39, 0.29) is 37.3 Å². The molecule has 17 atom stereocenters. The number of likely N-dealkylation sites (N-methyl/N-ethyl adjacent to an activating group) is 1. The van der Waals surface area contributed by atoms with E-state index >= 15 is 0 Å². The molecule has 0 saturated carbocycles. The van der Waals surface area contributed by atoms with Crippen molar-refractivity contribution in [2.45, 2.75) is 147 Å². The number of benzene rings is 1. The van der Waals surface area contributed by atoms with E-state index in [1.165, 1.54) is 63.8 Å². The predicted octanol–water partition coefficient (Wildman–Crippen LogP) is 4.27. The van der Waals surface area contributed by atoms with Crippen molar-refractivity contribution in [1.82, 2.24) is 4.90 Å². The van der Waals surface area contributed by atoms with Gasteiger partial charge in [0.05, 0.1) is 55.5 Å². The molecule has 3 heterocycles. The molecule has 1 aromatic rings. The molecular weight excluding hydrogens is 929 g/mol. The molecule has 20 nitrogen and oxygen atoms in total. The van der Waals surface area contributed by atoms with E-state index in [4.69, 9.17) is 42.6 Å². The fraction of sp³-hybridized carbons (Fsp3) is 0.647. The predicted molar refractivity (Wildman–Crippen MR) is 257 cm³/mol. The Hall–Kier alpha value is -4.74. The first-order chi connectivity index (χ1) is 33.6. The molecule has 20 heteroatoms. The van der Waals surface area contributed by atoms with Crippen molar-refractivity contribution in [2.75, 3.05) is 42.0 Å². The Labute approximate surface area is 416 Å². The quantitative estimate of drug-likeness (QED) is 0.0687. The van der Waals surface area contributed by atoms with Crippen LogP contribution in [0.25, 0.3) is 6.08 Å². The van der Waals surface area contributed by atoms with Crippen LogP contribution in [0.2, 0.25) is 0 Å². The summed E-state index contributed by atoms with van der Waals surface area (Å²) in [7, 11) is 7.49. The maximum Gasteiger partial charge on any atom is 0.331 e. The molecule has 3 aliphatic rings. The average molecular weight is 1000 g/mol. The Balaban J connectivity index is 1.84. The number of hydrogen-bond acceptors (Lipinski definition) is 19. The van der Waals surface area contributed by atoms with Gasteiger partial charge in [-0.05, 0) is 89.9 Å². The number of rotatable bonds is 16. The first kappa shape index (κ1) is 58.8. The van der Waals surface area contributed by atoms with Crippen molar-refractivity contribution in [1.29, 1.82) is 0 Å². The van der Waals surface area contributed by atoms with Gasteiger partial charge in [-0.2, -0.15) is 0 Å². The maximum atomic E-state index is 14.4. The van der Waals surface area contributed by atoms with Gasteiger partial charge in [0, 0.05) is 56.3 Å². The summed E-state index contributed by atoms with van der Waals surface area (Å²) in [5.74, 6) is -5.48. The zero-order valence-corrected chi connectivity index (χ0v) is 42.6. The Morgan fingerprint density at radius 2 is 1.52 bits per heavy atom. The lowest BCUT2D eigenvalue weighted by Crippen LogP contribution is -2.63. The van der Waals surface area contributed by atoms with Gasteiger partial charge in [-0.3, -0.25) is 19.7 Å². The van der Waals surface area contributed by atoms with Crippen molar-refractivity contribution in [2.24, 2.45) is 23.7 Å². The number of methoxy groups -OCH3 is 3. The fourth-order valence-corrected chi connectivity index (χ4v) is 9.24. The number of ether oxygens (including phenoxy) is 9. The number of carbonyl (C=O) groups is 4. The minimum atomic E-state index is -1.42. The Morgan fingerprint density at radius 1 is 0.873 bits per heavy atom. The molecule has 71 heavy (non-hydrogen) atoms. The molecule has 3 N–H and O–H groups in total. The highest BCUT2D eigenvalue weighted by atomic mass is 16.7. The van der Waals surface area contributed by atoms with E-state index in [0.29, 0.717) is 11.1 Å². The second-order valence-electron chi connectivity index (χ2n) is 18.7. The third-order valence-corrected chi connectivity index (χ3v) is 13.4. The summed E-state index contributed by atoms with van der Waals surface area (Å²) in [6, 6.07) is 4.62. The van der Waals surface area contributed by atoms with Gasteiger partial charge in [-0.1, -0.05) is 44.6 Å². The molecule has 1 aromatic carbocycles. The van der Waals surface area contributed by atoms with Crippen LogP contribution < -0.4 is 0 Å². The van der Waals surface area contributed by atoms with Crippen LogP contribution in [0.3, 0.4) is 0 Å². The summed E-state index contributed by atoms with van der Waals surface area (Å²) in [6.07, 6.45) is -2.06. The molecule has 0 unspecified atom stereocenters. The molecule has 2 fully saturated rings. The molecular formula is C51H74N2O18. The van der Waals surface area contributed by atoms with Crippen LogP contribution in [0, 0.1) is 33.8 Å². The number of carbonyl (C=O) groups excluding carboxylic acids is 4. The number of aliphatic hydroxyl groups excluding tert-OH is 3. The first-order valence-corrected chi connectivity index (χ1v) is 24.0. The molecule has 0 aromatic heterocycles. The number of cyclic esters (lactones) is 1. The molecule has 0 aliphatic carbocycles. The number of esters is 3. The first-order valence-electron chi connectivity index (χ1n) is 24.0. The molecule has 2 saturated heterocycles. The van der Waals surface area contributed by atoms with Crippen molar-refractivity contribution < 1.29 is 82.1 Å². The largest absolute Gasteiger partial charge is 0.466 e. The van der Waals surface area contributed by atoms with Crippen LogP contribution in [0.1, 0.15) is 72.8 Å². The third kappa shape index (κ3) is 16.4. The lowest BCUT2D eigenvalue weighted by Gasteiger charge is -2.46. The standard InChI is InChI=1S/C51H74N2O18/c1-12-38-35(27-66-51-49(65-11)48(64-10)45(59)32(6)68-51)24-28(2)16-22-37(54)29(3)25-34(14-13-15-40(55)63-9)47(71-50-46(60)43(52(7)8)44(58)31(5)67-50)30(4)39(26-42(57)69-38)70-41(56)23-19-33-17-20-36(21-18-33)53(61)62/h13,15-24,29-32,34-35,38-39,43-51,58-60H,12,14,25-27H2,1-11H3/b15-13+,22-16+,23-19+,28-24+/t29-,30+,31+,32-,34+,35-,38-,39-,43-,44+,45-,46+,47-,48-,49-,50-,51-/m1/s1. The van der Waals surface area contributed by atoms with Gasteiger partial charge in [-0.15, -0.1) is 0 Å². The van der Waals surface area contributed by atoms with E-state index in [0.717, 1.165) is 6.08 Å². The average Bonchev–Trinajstić information content (AvgIpc) is 3.33. The van der Waals surface area contributed by atoms with E-state index in [2.05, 4.69) is 0 Å². The Bertz CT molecular complexity index is 2040. The minimum absolute atomic E-state index is 0.0746. The second kappa shape index (κ2) is 27.9. The lowest BCUT2D eigenvalue weighted by molar-refractivity contribution is -0.384. The van der Waals surface area contributed by atoms with Crippen LogP contribution in [0.5, 0.6) is 0 Å². The van der Waals surface area contributed by atoms with Crippen LogP contribution in [-0.4, -0.2) is 171 Å². The summed E-state index contributed by atoms with van der Waals surface area (Å²) < 4.78 is 53.7. The molecule has 0 bridgehead atoms. The number of aliphatic hydroxyl groups is 3. The highest BCUT2D eigenvalue weighted by molar-refractivity contribution is 5.92. The van der Waals surface area contributed by atoms with E-state index < -0.39 is 133 Å². The van der Waals surface area contributed by atoms with Gasteiger partial charge >= 0.3 is 17.9 Å². The van der Waals surface area contributed by atoms with Gasteiger partial charge in [0.1, 0.15) is 36.6 Å². The topological polar surface area (TPSA) is 258 Å². The molecule has 0 spiro atoms. The SMILES string of the molecule is CC[C@H]1OC(=O)C[C@@H](OC(=O)/C=C/c2ccc([N+](=O)[O-])cc2)[C@H](C)[C@@H](O[C@H]2O[C@@H](C)[C@H](O)[C@@H](N(C)C)[C@@H]2O)[C@@H](C/C=C/C(=O)OC)C[C@@H](C)C(=O)/C=C/C(C)=C/[C@@H]1CO[C@@H]1O[C@H](C)[C@@H](O)[C@@H](OC)[C@H]1OC. The number of ketones is 1. The molecule has 3 aliphatic heterocycles. The Kier molecular flexibility index (Phi) is 23.1. The summed E-state index contributed by atoms with van der Waals surface area (Å²) in [6.45, 7) is 10.3. The summed E-state index contributed by atoms with van der Waals surface area (Å²) in [5, 5.41) is 44.9. The van der Waals surface area contributed by atoms with Crippen LogP contribution >= 0.6 is 0 Å². The van der Waals surface area contributed by atoms with Gasteiger partial charge in [0.25, 0.3) is 5.69 Å². The number of hydrogen-bond donors (Lipinski definition) is 3. The molecule has 0 amide bonds. The lowest BCUT2D eigenvalue weighted by atomic mass is 9.79. The zero-order valence-electron chi connectivity index (χ0n) is 42.6. The number of non-ortho nitro benzene ring substituents is 1. The van der Waals surface area contributed by atoms with Gasteiger partial charge in [0.2, 0.25) is 0 Å². The third-order valence-electron chi connectivity index (χ3n) is 13.4. The van der Waals surface area contributed by atoms with Crippen molar-refractivity contribution >= 4 is 35.5 Å². The minimum Gasteiger partial charge on any atom is -0.466 e. The van der Waals surface area contributed by atoms with Gasteiger partial charge in [-0.25, -0.2) is 9.59 Å². The fourth-order valence-electron chi connectivity index (χ4n) is 9.24. The monoisotopic (exact) mass is 1000 g/mol. The normalized spacial score (nSPS) is 36.0. The van der Waals surface area contributed by atoms with Crippen molar-refractivity contribution in [3.63, 3.8) is 0 Å². The summed E-state index contributed by atoms with van der Waals surface area (Å²) in [5.41, 5.74) is 0.938. The van der Waals surface area contributed by atoms with Crippen molar-refractivity contribution in [3.8, 4) is 0 Å². The van der Waals surface area contributed by atoms with Crippen molar-refractivity contribution in [3.05, 3.63) is 82.0 Å². The second-order valence-corrected chi connectivity index (χ2v) is 18.7. The Morgan fingerprint density at radius 3 is 2.13 bits per heavy atom. The van der Waals surface area contributed by atoms with Gasteiger partial charge < -0.3 is 62.9 Å². The maximum absolute atomic E-state index is 14.4. The number of nitro benzene ring substituents is 1. The smallest absolute Gasteiger partial charge is 0.331 e. The van der Waals surface area contributed by atoms with Crippen LogP contribution in [0.15, 0.2) is 66.3 Å². The summed E-state index contributed by atoms with van der Waals surface area (Å²) >= 11 is 0. The van der Waals surface area contributed by atoms with E-state index in [1.807, 2.05) is 13.0 Å². The highest BCUT2D eigenvalue weighted by Crippen LogP contribution is 2.36. The molecule has 4 rings (SSSR count). The van der Waals surface area contributed by atoms with E-state index in [1.54, 1.807) is 65.8 Å². The molecule has 396 valence electrons. The van der Waals surface area contributed by atoms with Gasteiger partial charge in [0.15, 0.2) is 18.4 Å². The zero-order chi connectivity index (χ0) is 52.7. The van der Waals surface area contributed by atoms with Crippen LogP contribution in [0.4, 0.5) is 5.69 Å². The number of nitro groups is 1. The number of nitrogens with zero attached hydrogens (tertiary/aromatic N) is 2. The number of allylic oxidation sites excluding steroid dienone is 4. The highest BCUT2D eigenvalue weighted by Gasteiger charge is 2.48.